The molecule has 1 rings (SSSR count). The predicted molar refractivity (Wildman–Crippen MR) is 81.1 cm³/mol. The summed E-state index contributed by atoms with van der Waals surface area (Å²) in [6.45, 7) is 11.8. The molecule has 0 aliphatic carbocycles. The van der Waals surface area contributed by atoms with E-state index in [0.29, 0.717) is 0 Å². The fourth-order valence-corrected chi connectivity index (χ4v) is 3.29. The van der Waals surface area contributed by atoms with E-state index in [9.17, 15) is 0 Å². The van der Waals surface area contributed by atoms with Crippen LogP contribution in [0, 0.1) is 0 Å². The van der Waals surface area contributed by atoms with Gasteiger partial charge in [-0.2, -0.15) is 0 Å². The van der Waals surface area contributed by atoms with Crippen molar-refractivity contribution in [1.82, 2.24) is 10.2 Å². The van der Waals surface area contributed by atoms with Crippen LogP contribution in [0.1, 0.15) is 72.6 Å². The van der Waals surface area contributed by atoms with Crippen LogP contribution in [0.15, 0.2) is 0 Å². The summed E-state index contributed by atoms with van der Waals surface area (Å²) in [6.07, 6.45) is 9.37. The zero-order chi connectivity index (χ0) is 13.4. The molecule has 1 N–H and O–H groups in total. The monoisotopic (exact) mass is 254 g/mol. The van der Waals surface area contributed by atoms with E-state index in [2.05, 4.69) is 37.9 Å². The van der Waals surface area contributed by atoms with Crippen LogP contribution in [-0.4, -0.2) is 36.1 Å². The van der Waals surface area contributed by atoms with Gasteiger partial charge in [0, 0.05) is 18.1 Å². The third kappa shape index (κ3) is 4.89. The highest BCUT2D eigenvalue weighted by Gasteiger charge is 2.28. The number of nitrogens with zero attached hydrogens (tertiary/aromatic N) is 1. The maximum Gasteiger partial charge on any atom is 0.00960 e. The van der Waals surface area contributed by atoms with Gasteiger partial charge in [-0.15, -0.1) is 0 Å². The van der Waals surface area contributed by atoms with Gasteiger partial charge in [0.05, 0.1) is 0 Å². The van der Waals surface area contributed by atoms with E-state index in [1.807, 2.05) is 0 Å². The Labute approximate surface area is 115 Å². The number of likely N-dealkylation sites (tertiary alicyclic amines) is 1. The summed E-state index contributed by atoms with van der Waals surface area (Å²) >= 11 is 0. The van der Waals surface area contributed by atoms with Gasteiger partial charge in [-0.3, -0.25) is 4.90 Å². The Morgan fingerprint density at radius 2 is 2.00 bits per heavy atom. The lowest BCUT2D eigenvalue weighted by Gasteiger charge is -2.28. The van der Waals surface area contributed by atoms with Gasteiger partial charge < -0.3 is 5.32 Å². The second-order valence-electron chi connectivity index (χ2n) is 5.93. The first-order valence-corrected chi connectivity index (χ1v) is 8.21. The number of nitrogens with one attached hydrogen (secondary N) is 1. The SMILES string of the molecule is CCCNC(CC)CCCN1C(C)CCC1CC. The molecule has 1 saturated heterocycles. The molecule has 0 aromatic rings. The van der Waals surface area contributed by atoms with Crippen molar-refractivity contribution in [1.29, 1.82) is 0 Å². The summed E-state index contributed by atoms with van der Waals surface area (Å²) in [5.74, 6) is 0. The highest BCUT2D eigenvalue weighted by Crippen LogP contribution is 2.26. The van der Waals surface area contributed by atoms with Crippen LogP contribution in [-0.2, 0) is 0 Å². The molecule has 0 aromatic heterocycles. The highest BCUT2D eigenvalue weighted by atomic mass is 15.2. The Kier molecular flexibility index (Phi) is 7.92. The molecule has 108 valence electrons. The number of hydrogen-bond acceptors (Lipinski definition) is 2. The molecule has 0 amide bonds. The smallest absolute Gasteiger partial charge is 0.00960 e. The van der Waals surface area contributed by atoms with Crippen LogP contribution in [0.25, 0.3) is 0 Å². The van der Waals surface area contributed by atoms with Gasteiger partial charge in [0.2, 0.25) is 0 Å². The molecule has 1 aliphatic rings. The van der Waals surface area contributed by atoms with Gasteiger partial charge >= 0.3 is 0 Å². The fraction of sp³-hybridized carbons (Fsp3) is 1.00. The Hall–Kier alpha value is -0.0800. The van der Waals surface area contributed by atoms with E-state index in [0.717, 1.165) is 18.1 Å². The Morgan fingerprint density at radius 3 is 2.61 bits per heavy atom. The molecule has 2 heteroatoms. The van der Waals surface area contributed by atoms with Crippen LogP contribution in [0.5, 0.6) is 0 Å². The summed E-state index contributed by atoms with van der Waals surface area (Å²) in [7, 11) is 0. The van der Waals surface area contributed by atoms with Gasteiger partial charge in [-0.25, -0.2) is 0 Å². The zero-order valence-electron chi connectivity index (χ0n) is 13.0. The van der Waals surface area contributed by atoms with E-state index in [-0.39, 0.29) is 0 Å². The maximum absolute atomic E-state index is 3.66. The molecule has 0 bridgehead atoms. The minimum Gasteiger partial charge on any atom is -0.314 e. The molecule has 3 atom stereocenters. The van der Waals surface area contributed by atoms with Gasteiger partial charge in [0.1, 0.15) is 0 Å². The second-order valence-corrected chi connectivity index (χ2v) is 5.93. The Morgan fingerprint density at radius 1 is 1.22 bits per heavy atom. The molecule has 1 fully saturated rings. The van der Waals surface area contributed by atoms with E-state index in [1.54, 1.807) is 0 Å². The van der Waals surface area contributed by atoms with Crippen molar-refractivity contribution < 1.29 is 0 Å². The molecule has 18 heavy (non-hydrogen) atoms. The minimum atomic E-state index is 0.739. The van der Waals surface area contributed by atoms with Crippen molar-refractivity contribution in [3.63, 3.8) is 0 Å². The Balaban J connectivity index is 2.22. The molecule has 1 aliphatic heterocycles. The van der Waals surface area contributed by atoms with Crippen LogP contribution < -0.4 is 5.32 Å². The standard InChI is InChI=1S/C16H34N2/c1-5-12-17-15(6-2)9-8-13-18-14(4)10-11-16(18)7-3/h14-17H,5-13H2,1-4H3. The van der Waals surface area contributed by atoms with Crippen molar-refractivity contribution >= 4 is 0 Å². The van der Waals surface area contributed by atoms with Crippen molar-refractivity contribution in [2.45, 2.75) is 90.8 Å². The first kappa shape index (κ1) is 16.0. The molecule has 0 radical (unpaired) electrons. The number of rotatable bonds is 9. The number of hydrogen-bond donors (Lipinski definition) is 1. The van der Waals surface area contributed by atoms with E-state index in [4.69, 9.17) is 0 Å². The van der Waals surface area contributed by atoms with E-state index in [1.165, 1.54) is 58.0 Å². The van der Waals surface area contributed by atoms with Crippen LogP contribution in [0.2, 0.25) is 0 Å². The van der Waals surface area contributed by atoms with Crippen LogP contribution in [0.3, 0.4) is 0 Å². The summed E-state index contributed by atoms with van der Waals surface area (Å²) in [6, 6.07) is 2.42. The Bertz CT molecular complexity index is 205. The lowest BCUT2D eigenvalue weighted by Crippen LogP contribution is -2.36. The molecule has 0 saturated carbocycles. The molecule has 0 spiro atoms. The minimum absolute atomic E-state index is 0.739. The van der Waals surface area contributed by atoms with E-state index < -0.39 is 0 Å². The molecule has 2 nitrogen and oxygen atoms in total. The van der Waals surface area contributed by atoms with Crippen molar-refractivity contribution in [2.24, 2.45) is 0 Å². The quantitative estimate of drug-likeness (QED) is 0.673. The summed E-state index contributed by atoms with van der Waals surface area (Å²) in [5, 5.41) is 3.66. The van der Waals surface area contributed by atoms with Gasteiger partial charge in [-0.05, 0) is 65.0 Å². The fourth-order valence-electron chi connectivity index (χ4n) is 3.29. The summed E-state index contributed by atoms with van der Waals surface area (Å²) in [5.41, 5.74) is 0. The van der Waals surface area contributed by atoms with E-state index >= 15 is 0 Å². The van der Waals surface area contributed by atoms with Crippen molar-refractivity contribution in [2.75, 3.05) is 13.1 Å². The maximum atomic E-state index is 3.66. The molecular formula is C16H34N2. The highest BCUT2D eigenvalue weighted by molar-refractivity contribution is 4.84. The first-order valence-electron chi connectivity index (χ1n) is 8.21. The van der Waals surface area contributed by atoms with Gasteiger partial charge in [0.25, 0.3) is 0 Å². The van der Waals surface area contributed by atoms with Crippen LogP contribution >= 0.6 is 0 Å². The first-order chi connectivity index (χ1) is 8.72. The average molecular weight is 254 g/mol. The van der Waals surface area contributed by atoms with Gasteiger partial charge in [0.15, 0.2) is 0 Å². The average Bonchev–Trinajstić information content (AvgIpc) is 2.74. The van der Waals surface area contributed by atoms with Crippen molar-refractivity contribution in [3.8, 4) is 0 Å². The third-order valence-corrected chi connectivity index (χ3v) is 4.57. The lowest BCUT2D eigenvalue weighted by molar-refractivity contribution is 0.192. The zero-order valence-corrected chi connectivity index (χ0v) is 13.0. The van der Waals surface area contributed by atoms with Crippen LogP contribution in [0.4, 0.5) is 0 Å². The summed E-state index contributed by atoms with van der Waals surface area (Å²) in [4.78, 5) is 2.76. The second kappa shape index (κ2) is 8.92. The molecule has 0 aromatic carbocycles. The summed E-state index contributed by atoms with van der Waals surface area (Å²) < 4.78 is 0. The van der Waals surface area contributed by atoms with Gasteiger partial charge in [-0.1, -0.05) is 20.8 Å². The van der Waals surface area contributed by atoms with Crippen molar-refractivity contribution in [3.05, 3.63) is 0 Å². The largest absolute Gasteiger partial charge is 0.314 e. The predicted octanol–water partition coefficient (Wildman–Crippen LogP) is 3.81. The normalized spacial score (nSPS) is 26.7. The molecular weight excluding hydrogens is 220 g/mol. The topological polar surface area (TPSA) is 15.3 Å². The molecule has 3 unspecified atom stereocenters. The molecule has 1 heterocycles. The lowest BCUT2D eigenvalue weighted by atomic mass is 10.1. The third-order valence-electron chi connectivity index (χ3n) is 4.57.